The average Bonchev–Trinajstić information content (AvgIpc) is 3.04. The topological polar surface area (TPSA) is 97.1 Å². The Morgan fingerprint density at radius 3 is 2.46 bits per heavy atom. The van der Waals surface area contributed by atoms with Crippen LogP contribution in [0.5, 0.6) is 0 Å². The first-order valence-electron chi connectivity index (χ1n) is 7.82. The van der Waals surface area contributed by atoms with Crippen LogP contribution in [0.4, 0.5) is 5.69 Å². The van der Waals surface area contributed by atoms with Crippen LogP contribution >= 0.6 is 11.3 Å². The van der Waals surface area contributed by atoms with Crippen molar-refractivity contribution in [3.8, 4) is 0 Å². The molecule has 2 unspecified atom stereocenters. The van der Waals surface area contributed by atoms with Gasteiger partial charge in [0.05, 0.1) is 12.1 Å². The number of aryl methyl sites for hydroxylation is 1. The van der Waals surface area contributed by atoms with E-state index in [1.807, 2.05) is 13.1 Å². The van der Waals surface area contributed by atoms with Crippen molar-refractivity contribution >= 4 is 28.8 Å². The molecule has 1 heterocycles. The molecular weight excluding hydrogens is 324 g/mol. The van der Waals surface area contributed by atoms with Crippen molar-refractivity contribution in [2.24, 2.45) is 5.73 Å². The molecule has 0 radical (unpaired) electrons. The Labute approximate surface area is 145 Å². The van der Waals surface area contributed by atoms with E-state index in [1.54, 1.807) is 42.5 Å². The minimum atomic E-state index is -0.494. The first kappa shape index (κ1) is 18.1. The summed E-state index contributed by atoms with van der Waals surface area (Å²) in [6.45, 7) is 5.89. The molecule has 0 saturated carbocycles. The summed E-state index contributed by atoms with van der Waals surface area (Å²) in [5, 5.41) is 7.03. The fraction of sp³-hybridized carbons (Fsp3) is 0.353. The fourth-order valence-electron chi connectivity index (χ4n) is 2.18. The summed E-state index contributed by atoms with van der Waals surface area (Å²) in [5.41, 5.74) is 6.22. The van der Waals surface area contributed by atoms with Gasteiger partial charge in [0.25, 0.3) is 0 Å². The zero-order chi connectivity index (χ0) is 17.7. The number of aromatic nitrogens is 1. The van der Waals surface area contributed by atoms with E-state index in [2.05, 4.69) is 22.5 Å². The minimum Gasteiger partial charge on any atom is -0.366 e. The Hall–Kier alpha value is -2.25. The van der Waals surface area contributed by atoms with E-state index < -0.39 is 5.91 Å². The van der Waals surface area contributed by atoms with Crippen LogP contribution in [0, 0.1) is 0 Å². The molecule has 2 amide bonds. The van der Waals surface area contributed by atoms with Crippen LogP contribution in [-0.2, 0) is 11.2 Å². The predicted molar refractivity (Wildman–Crippen MR) is 96.1 cm³/mol. The Bertz CT molecular complexity index is 712. The summed E-state index contributed by atoms with van der Waals surface area (Å²) in [6, 6.07) is 6.09. The van der Waals surface area contributed by atoms with Crippen LogP contribution in [0.25, 0.3) is 0 Å². The van der Waals surface area contributed by atoms with Crippen LogP contribution in [0.15, 0.2) is 30.5 Å². The summed E-state index contributed by atoms with van der Waals surface area (Å²) in [7, 11) is 0. The quantitative estimate of drug-likeness (QED) is 0.717. The van der Waals surface area contributed by atoms with E-state index in [-0.39, 0.29) is 18.0 Å². The number of anilines is 1. The maximum absolute atomic E-state index is 12.3. The van der Waals surface area contributed by atoms with Crippen molar-refractivity contribution in [1.82, 2.24) is 10.3 Å². The first-order valence-corrected chi connectivity index (χ1v) is 8.63. The number of nitrogens with two attached hydrogens (primary N) is 1. The molecule has 0 aliphatic carbocycles. The second-order valence-electron chi connectivity index (χ2n) is 5.56. The standard InChI is InChI=1S/C17H22N4O2S/c1-4-14-9-19-17(24-14)11(3)20-10(2)16(23)21-13-7-5-12(6-8-13)15(18)22/h5-11,20H,4H2,1-3H3,(H2,18,22)(H,21,23). The van der Waals surface area contributed by atoms with Gasteiger partial charge in [0, 0.05) is 22.3 Å². The van der Waals surface area contributed by atoms with E-state index in [0.717, 1.165) is 11.4 Å². The molecule has 0 aliphatic heterocycles. The zero-order valence-electron chi connectivity index (χ0n) is 14.0. The number of hydrogen-bond donors (Lipinski definition) is 3. The minimum absolute atomic E-state index is 0.00622. The van der Waals surface area contributed by atoms with Gasteiger partial charge in [-0.15, -0.1) is 11.3 Å². The van der Waals surface area contributed by atoms with Crippen molar-refractivity contribution in [3.63, 3.8) is 0 Å². The zero-order valence-corrected chi connectivity index (χ0v) is 14.8. The number of nitrogens with zero attached hydrogens (tertiary/aromatic N) is 1. The molecule has 4 N–H and O–H groups in total. The number of carbonyl (C=O) groups excluding carboxylic acids is 2. The molecule has 1 aromatic heterocycles. The highest BCUT2D eigenvalue weighted by Crippen LogP contribution is 2.20. The Kier molecular flexibility index (Phi) is 6.05. The Balaban J connectivity index is 1.92. The van der Waals surface area contributed by atoms with E-state index in [9.17, 15) is 9.59 Å². The number of primary amides is 1. The molecular formula is C17H22N4O2S. The third-order valence-corrected chi connectivity index (χ3v) is 4.94. The van der Waals surface area contributed by atoms with Crippen LogP contribution in [0.2, 0.25) is 0 Å². The van der Waals surface area contributed by atoms with E-state index in [4.69, 9.17) is 5.73 Å². The van der Waals surface area contributed by atoms with Gasteiger partial charge >= 0.3 is 0 Å². The monoisotopic (exact) mass is 346 g/mol. The lowest BCUT2D eigenvalue weighted by atomic mass is 10.2. The second kappa shape index (κ2) is 8.03. The van der Waals surface area contributed by atoms with Crippen LogP contribution in [0.3, 0.4) is 0 Å². The lowest BCUT2D eigenvalue weighted by Gasteiger charge is -2.18. The molecule has 128 valence electrons. The fourth-order valence-corrected chi connectivity index (χ4v) is 3.05. The van der Waals surface area contributed by atoms with Gasteiger partial charge in [0.2, 0.25) is 11.8 Å². The van der Waals surface area contributed by atoms with Gasteiger partial charge < -0.3 is 11.1 Å². The molecule has 6 nitrogen and oxygen atoms in total. The summed E-state index contributed by atoms with van der Waals surface area (Å²) in [4.78, 5) is 28.9. The molecule has 0 spiro atoms. The van der Waals surface area contributed by atoms with Gasteiger partial charge in [-0.1, -0.05) is 6.92 Å². The van der Waals surface area contributed by atoms with Gasteiger partial charge in [0.1, 0.15) is 5.01 Å². The number of amides is 2. The maximum Gasteiger partial charge on any atom is 0.248 e. The normalized spacial score (nSPS) is 13.3. The van der Waals surface area contributed by atoms with Crippen molar-refractivity contribution in [2.45, 2.75) is 39.3 Å². The molecule has 0 saturated heterocycles. The molecule has 7 heteroatoms. The Morgan fingerprint density at radius 2 is 1.92 bits per heavy atom. The SMILES string of the molecule is CCc1cnc(C(C)NC(C)C(=O)Nc2ccc(C(N)=O)cc2)s1. The largest absolute Gasteiger partial charge is 0.366 e. The lowest BCUT2D eigenvalue weighted by Crippen LogP contribution is -2.39. The number of carbonyl (C=O) groups is 2. The van der Waals surface area contributed by atoms with Crippen LogP contribution in [0.1, 0.15) is 47.1 Å². The number of hydrogen-bond acceptors (Lipinski definition) is 5. The van der Waals surface area contributed by atoms with E-state index in [1.165, 1.54) is 4.88 Å². The molecule has 2 aromatic rings. The van der Waals surface area contributed by atoms with Gasteiger partial charge in [0.15, 0.2) is 0 Å². The number of rotatable bonds is 7. The average molecular weight is 346 g/mol. The highest BCUT2D eigenvalue weighted by molar-refractivity contribution is 7.11. The summed E-state index contributed by atoms with van der Waals surface area (Å²) >= 11 is 1.65. The molecule has 0 bridgehead atoms. The molecule has 0 aliphatic rings. The highest BCUT2D eigenvalue weighted by atomic mass is 32.1. The maximum atomic E-state index is 12.3. The van der Waals surface area contributed by atoms with Gasteiger partial charge in [-0.05, 0) is 44.5 Å². The van der Waals surface area contributed by atoms with Crippen LogP contribution < -0.4 is 16.4 Å². The third kappa shape index (κ3) is 4.62. The number of thiazole rings is 1. The van der Waals surface area contributed by atoms with E-state index in [0.29, 0.717) is 11.3 Å². The lowest BCUT2D eigenvalue weighted by molar-refractivity contribution is -0.117. The van der Waals surface area contributed by atoms with Crippen LogP contribution in [-0.4, -0.2) is 22.8 Å². The number of nitrogens with one attached hydrogen (secondary N) is 2. The van der Waals surface area contributed by atoms with Crippen molar-refractivity contribution in [3.05, 3.63) is 45.9 Å². The molecule has 24 heavy (non-hydrogen) atoms. The summed E-state index contributed by atoms with van der Waals surface area (Å²) in [5.74, 6) is -0.646. The first-order chi connectivity index (χ1) is 11.4. The third-order valence-electron chi connectivity index (χ3n) is 3.62. The molecule has 0 fully saturated rings. The van der Waals surface area contributed by atoms with Gasteiger partial charge in [-0.3, -0.25) is 14.9 Å². The highest BCUT2D eigenvalue weighted by Gasteiger charge is 2.18. The molecule has 1 aromatic carbocycles. The molecule has 2 atom stereocenters. The second-order valence-corrected chi connectivity index (χ2v) is 6.71. The van der Waals surface area contributed by atoms with Gasteiger partial charge in [-0.2, -0.15) is 0 Å². The molecule has 2 rings (SSSR count). The van der Waals surface area contributed by atoms with Gasteiger partial charge in [-0.25, -0.2) is 4.98 Å². The van der Waals surface area contributed by atoms with Crippen molar-refractivity contribution in [1.29, 1.82) is 0 Å². The smallest absolute Gasteiger partial charge is 0.248 e. The summed E-state index contributed by atoms with van der Waals surface area (Å²) in [6.07, 6.45) is 2.84. The predicted octanol–water partition coefficient (Wildman–Crippen LogP) is 2.48. The Morgan fingerprint density at radius 1 is 1.25 bits per heavy atom. The van der Waals surface area contributed by atoms with Crippen molar-refractivity contribution in [2.75, 3.05) is 5.32 Å². The van der Waals surface area contributed by atoms with Crippen molar-refractivity contribution < 1.29 is 9.59 Å². The number of benzene rings is 1. The summed E-state index contributed by atoms with van der Waals surface area (Å²) < 4.78 is 0. The van der Waals surface area contributed by atoms with E-state index >= 15 is 0 Å².